The van der Waals surface area contributed by atoms with Crippen LogP contribution in [0.4, 0.5) is 0 Å². The monoisotopic (exact) mass is 194 g/mol. The highest BCUT2D eigenvalue weighted by Crippen LogP contribution is 2.52. The maximum Gasteiger partial charge on any atom is 0.0142 e. The molecule has 0 aliphatic heterocycles. The van der Waals surface area contributed by atoms with Crippen LogP contribution >= 0.6 is 11.3 Å². The molecule has 72 valence electrons. The van der Waals surface area contributed by atoms with Crippen LogP contribution in [0.15, 0.2) is 6.07 Å². The molecule has 0 amide bonds. The van der Waals surface area contributed by atoms with Crippen LogP contribution < -0.4 is 0 Å². The Labute approximate surface area is 85.0 Å². The predicted molar refractivity (Wildman–Crippen MR) is 59.7 cm³/mol. The van der Waals surface area contributed by atoms with Gasteiger partial charge in [0.2, 0.25) is 0 Å². The minimum absolute atomic E-state index is 0.392. The van der Waals surface area contributed by atoms with Crippen LogP contribution in [0.5, 0.6) is 0 Å². The molecule has 2 rings (SSSR count). The zero-order valence-electron chi connectivity index (χ0n) is 9.19. The third kappa shape index (κ3) is 1.25. The number of hydrogen-bond donors (Lipinski definition) is 0. The maximum atomic E-state index is 2.38. The second-order valence-corrected chi connectivity index (χ2v) is 6.80. The summed E-state index contributed by atoms with van der Waals surface area (Å²) in [5.41, 5.74) is 2.39. The molecule has 0 nitrogen and oxygen atoms in total. The van der Waals surface area contributed by atoms with Gasteiger partial charge in [-0.05, 0) is 30.4 Å². The molecule has 1 aliphatic rings. The normalized spacial score (nSPS) is 23.2. The molecule has 0 unspecified atom stereocenters. The highest BCUT2D eigenvalue weighted by molar-refractivity contribution is 7.12. The number of aryl methyl sites for hydroxylation is 1. The summed E-state index contributed by atoms with van der Waals surface area (Å²) in [6, 6.07) is 2.38. The lowest BCUT2D eigenvalue weighted by Gasteiger charge is -2.23. The minimum Gasteiger partial charge on any atom is -0.145 e. The van der Waals surface area contributed by atoms with Gasteiger partial charge in [-0.3, -0.25) is 0 Å². The Morgan fingerprint density at radius 1 is 1.15 bits per heavy atom. The molecule has 0 fully saturated rings. The van der Waals surface area contributed by atoms with E-state index < -0.39 is 0 Å². The van der Waals surface area contributed by atoms with E-state index in [1.165, 1.54) is 11.3 Å². The molecule has 0 aromatic carbocycles. The molecular formula is C12H18S. The van der Waals surface area contributed by atoms with Crippen molar-refractivity contribution in [3.05, 3.63) is 21.4 Å². The third-order valence-corrected chi connectivity index (χ3v) is 4.50. The summed E-state index contributed by atoms with van der Waals surface area (Å²) in [4.78, 5) is 3.08. The van der Waals surface area contributed by atoms with Gasteiger partial charge >= 0.3 is 0 Å². The first-order valence-corrected chi connectivity index (χ1v) is 5.76. The molecule has 1 aromatic rings. The Balaban J connectivity index is 2.63. The van der Waals surface area contributed by atoms with E-state index in [1.807, 2.05) is 11.3 Å². The SMILES string of the molecule is Cc1cc2c(s1)C(C)(C)CC2(C)C. The zero-order chi connectivity index (χ0) is 9.85. The second-order valence-electron chi connectivity index (χ2n) is 5.54. The molecule has 0 bridgehead atoms. The summed E-state index contributed by atoms with van der Waals surface area (Å²) in [5.74, 6) is 0. The molecule has 0 N–H and O–H groups in total. The summed E-state index contributed by atoms with van der Waals surface area (Å²) < 4.78 is 0. The van der Waals surface area contributed by atoms with E-state index in [9.17, 15) is 0 Å². The van der Waals surface area contributed by atoms with E-state index in [0.717, 1.165) is 0 Å². The standard InChI is InChI=1S/C12H18S/c1-8-6-9-10(13-8)12(4,5)7-11(9,2)3/h6H,7H2,1-5H3. The van der Waals surface area contributed by atoms with Crippen LogP contribution in [0.3, 0.4) is 0 Å². The highest BCUT2D eigenvalue weighted by Gasteiger charge is 2.43. The van der Waals surface area contributed by atoms with Crippen molar-refractivity contribution in [1.29, 1.82) is 0 Å². The Morgan fingerprint density at radius 3 is 2.31 bits per heavy atom. The van der Waals surface area contributed by atoms with E-state index in [-0.39, 0.29) is 0 Å². The average Bonchev–Trinajstić information content (AvgIpc) is 2.34. The van der Waals surface area contributed by atoms with E-state index in [2.05, 4.69) is 40.7 Å². The summed E-state index contributed by atoms with van der Waals surface area (Å²) in [5, 5.41) is 0. The number of thiophene rings is 1. The predicted octanol–water partition coefficient (Wildman–Crippen LogP) is 4.02. The lowest BCUT2D eigenvalue weighted by Crippen LogP contribution is -2.18. The second kappa shape index (κ2) is 2.38. The fourth-order valence-corrected chi connectivity index (χ4v) is 4.09. The Hall–Kier alpha value is -0.300. The van der Waals surface area contributed by atoms with Crippen molar-refractivity contribution < 1.29 is 0 Å². The van der Waals surface area contributed by atoms with Gasteiger partial charge in [0.25, 0.3) is 0 Å². The maximum absolute atomic E-state index is 2.38. The molecule has 0 spiro atoms. The fraction of sp³-hybridized carbons (Fsp3) is 0.667. The van der Waals surface area contributed by atoms with E-state index >= 15 is 0 Å². The first-order chi connectivity index (χ1) is 5.83. The van der Waals surface area contributed by atoms with Gasteiger partial charge in [-0.2, -0.15) is 0 Å². The van der Waals surface area contributed by atoms with Crippen molar-refractivity contribution in [2.24, 2.45) is 0 Å². The van der Waals surface area contributed by atoms with E-state index in [1.54, 1.807) is 10.4 Å². The number of rotatable bonds is 0. The van der Waals surface area contributed by atoms with Gasteiger partial charge in [-0.25, -0.2) is 0 Å². The Kier molecular flexibility index (Phi) is 1.70. The Bertz CT molecular complexity index is 311. The number of fused-ring (bicyclic) bond motifs is 1. The number of hydrogen-bond acceptors (Lipinski definition) is 1. The minimum atomic E-state index is 0.392. The largest absolute Gasteiger partial charge is 0.145 e. The fourth-order valence-electron chi connectivity index (χ4n) is 2.80. The molecule has 0 radical (unpaired) electrons. The van der Waals surface area contributed by atoms with Gasteiger partial charge in [0.05, 0.1) is 0 Å². The van der Waals surface area contributed by atoms with Crippen LogP contribution in [-0.2, 0) is 10.8 Å². The smallest absolute Gasteiger partial charge is 0.0142 e. The van der Waals surface area contributed by atoms with Crippen LogP contribution in [0.1, 0.15) is 49.4 Å². The Morgan fingerprint density at radius 2 is 1.77 bits per heavy atom. The van der Waals surface area contributed by atoms with Gasteiger partial charge in [-0.1, -0.05) is 27.7 Å². The molecule has 1 aromatic heterocycles. The topological polar surface area (TPSA) is 0 Å². The first-order valence-electron chi connectivity index (χ1n) is 4.94. The highest BCUT2D eigenvalue weighted by atomic mass is 32.1. The van der Waals surface area contributed by atoms with Crippen molar-refractivity contribution in [3.8, 4) is 0 Å². The quantitative estimate of drug-likeness (QED) is 0.585. The van der Waals surface area contributed by atoms with Gasteiger partial charge in [0, 0.05) is 15.2 Å². The lowest BCUT2D eigenvalue weighted by atomic mass is 9.82. The van der Waals surface area contributed by atoms with Crippen molar-refractivity contribution in [3.63, 3.8) is 0 Å². The summed E-state index contributed by atoms with van der Waals surface area (Å²) >= 11 is 1.99. The lowest BCUT2D eigenvalue weighted by molar-refractivity contribution is 0.405. The van der Waals surface area contributed by atoms with Crippen molar-refractivity contribution in [2.45, 2.75) is 51.9 Å². The molecule has 0 saturated carbocycles. The van der Waals surface area contributed by atoms with Gasteiger partial charge in [-0.15, -0.1) is 11.3 Å². The van der Waals surface area contributed by atoms with Gasteiger partial charge in [0.15, 0.2) is 0 Å². The molecule has 0 saturated heterocycles. The van der Waals surface area contributed by atoms with E-state index in [0.29, 0.717) is 10.8 Å². The first kappa shape index (κ1) is 9.26. The molecule has 1 aliphatic carbocycles. The summed E-state index contributed by atoms with van der Waals surface area (Å²) in [6.07, 6.45) is 1.29. The van der Waals surface area contributed by atoms with Gasteiger partial charge in [0.1, 0.15) is 0 Å². The molecule has 1 heterocycles. The van der Waals surface area contributed by atoms with Crippen LogP contribution in [0.25, 0.3) is 0 Å². The van der Waals surface area contributed by atoms with Crippen LogP contribution in [-0.4, -0.2) is 0 Å². The summed E-state index contributed by atoms with van der Waals surface area (Å²) in [6.45, 7) is 11.7. The van der Waals surface area contributed by atoms with Crippen LogP contribution in [0.2, 0.25) is 0 Å². The molecule has 1 heteroatoms. The third-order valence-electron chi connectivity index (χ3n) is 3.08. The molecular weight excluding hydrogens is 176 g/mol. The zero-order valence-corrected chi connectivity index (χ0v) is 10.0. The van der Waals surface area contributed by atoms with Crippen molar-refractivity contribution in [1.82, 2.24) is 0 Å². The van der Waals surface area contributed by atoms with Gasteiger partial charge < -0.3 is 0 Å². The van der Waals surface area contributed by atoms with E-state index in [4.69, 9.17) is 0 Å². The molecule has 13 heavy (non-hydrogen) atoms. The summed E-state index contributed by atoms with van der Waals surface area (Å²) in [7, 11) is 0. The molecule has 0 atom stereocenters. The van der Waals surface area contributed by atoms with Crippen LogP contribution in [0, 0.1) is 6.92 Å². The van der Waals surface area contributed by atoms with Crippen molar-refractivity contribution in [2.75, 3.05) is 0 Å². The average molecular weight is 194 g/mol. The van der Waals surface area contributed by atoms with Crippen molar-refractivity contribution >= 4 is 11.3 Å².